The highest BCUT2D eigenvalue weighted by Gasteiger charge is 2.27. The van der Waals surface area contributed by atoms with E-state index in [0.717, 1.165) is 11.1 Å². The molecule has 0 fully saturated rings. The van der Waals surface area contributed by atoms with Crippen molar-refractivity contribution in [3.05, 3.63) is 102 Å². The molecule has 0 saturated carbocycles. The lowest BCUT2D eigenvalue weighted by atomic mass is 9.92. The molecular formula is C37H24N2. The zero-order chi connectivity index (χ0) is 26.2. The molecule has 0 radical (unpaired) electrons. The minimum atomic E-state index is 1.04. The molecule has 0 N–H and O–H groups in total. The summed E-state index contributed by atoms with van der Waals surface area (Å²) in [6.45, 7) is 3.80. The molecule has 3 aromatic heterocycles. The Morgan fingerprint density at radius 3 is 1.85 bits per heavy atom. The fourth-order valence-corrected chi connectivity index (χ4v) is 6.73. The third kappa shape index (κ3) is 2.78. The summed E-state index contributed by atoms with van der Waals surface area (Å²) in [6.07, 6.45) is 0. The van der Waals surface area contributed by atoms with E-state index in [1.54, 1.807) is 0 Å². The van der Waals surface area contributed by atoms with Gasteiger partial charge in [-0.15, -0.1) is 11.8 Å². The Morgan fingerprint density at radius 1 is 0.538 bits per heavy atom. The average molecular weight is 497 g/mol. The number of hydrogen-bond donors (Lipinski definition) is 0. The van der Waals surface area contributed by atoms with Gasteiger partial charge in [-0.2, -0.15) is 0 Å². The summed E-state index contributed by atoms with van der Waals surface area (Å²) in [5.74, 6) is 12.8. The number of fused-ring (bicyclic) bond motifs is 10. The van der Waals surface area contributed by atoms with Crippen LogP contribution < -0.4 is 0 Å². The number of rotatable bonds is 1. The van der Waals surface area contributed by atoms with E-state index in [0.29, 0.717) is 0 Å². The predicted octanol–water partition coefficient (Wildman–Crippen LogP) is 8.89. The molecular weight excluding hydrogens is 472 g/mol. The van der Waals surface area contributed by atoms with Crippen LogP contribution in [-0.2, 0) is 7.05 Å². The number of para-hydroxylation sites is 1. The zero-order valence-electron chi connectivity index (χ0n) is 22.1. The Kier molecular flexibility index (Phi) is 4.43. The first-order valence-corrected chi connectivity index (χ1v) is 13.3. The largest absolute Gasteiger partial charge is 0.343 e. The van der Waals surface area contributed by atoms with E-state index in [4.69, 9.17) is 0 Å². The van der Waals surface area contributed by atoms with Crippen molar-refractivity contribution in [3.8, 4) is 34.8 Å². The molecule has 8 rings (SSSR count). The molecule has 0 atom stereocenters. The van der Waals surface area contributed by atoms with Gasteiger partial charge in [-0.25, -0.2) is 0 Å². The van der Waals surface area contributed by atoms with Crippen molar-refractivity contribution < 1.29 is 0 Å². The van der Waals surface area contributed by atoms with Gasteiger partial charge in [0.15, 0.2) is 0 Å². The van der Waals surface area contributed by atoms with E-state index in [-0.39, 0.29) is 0 Å². The Labute approximate surface area is 226 Å². The van der Waals surface area contributed by atoms with Crippen LogP contribution in [0, 0.1) is 23.7 Å². The molecule has 3 heterocycles. The number of aromatic nitrogens is 2. The van der Waals surface area contributed by atoms with Crippen molar-refractivity contribution >= 4 is 59.9 Å². The first kappa shape index (κ1) is 21.9. The van der Waals surface area contributed by atoms with Gasteiger partial charge in [0.05, 0.1) is 22.1 Å². The topological polar surface area (TPSA) is 9.34 Å². The van der Waals surface area contributed by atoms with Gasteiger partial charge in [-0.1, -0.05) is 60.4 Å². The van der Waals surface area contributed by atoms with E-state index < -0.39 is 0 Å². The molecule has 0 aliphatic heterocycles. The van der Waals surface area contributed by atoms with Crippen molar-refractivity contribution in [1.82, 2.24) is 8.97 Å². The van der Waals surface area contributed by atoms with Crippen LogP contribution in [0.25, 0.3) is 71.0 Å². The van der Waals surface area contributed by atoms with E-state index >= 15 is 0 Å². The van der Waals surface area contributed by atoms with Crippen molar-refractivity contribution in [2.45, 2.75) is 13.8 Å². The van der Waals surface area contributed by atoms with E-state index in [2.05, 4.69) is 131 Å². The van der Waals surface area contributed by atoms with Gasteiger partial charge in [0.2, 0.25) is 0 Å². The Bertz CT molecular complexity index is 2410. The van der Waals surface area contributed by atoms with Gasteiger partial charge in [0.1, 0.15) is 0 Å². The zero-order valence-corrected chi connectivity index (χ0v) is 22.1. The maximum atomic E-state index is 3.30. The van der Waals surface area contributed by atoms with Crippen LogP contribution in [0.5, 0.6) is 0 Å². The molecule has 0 aliphatic rings. The number of aryl methyl sites for hydroxylation is 1. The van der Waals surface area contributed by atoms with Crippen LogP contribution in [0.15, 0.2) is 91.0 Å². The second kappa shape index (κ2) is 7.91. The normalized spacial score (nSPS) is 11.6. The summed E-state index contributed by atoms with van der Waals surface area (Å²) < 4.78 is 4.85. The highest BCUT2D eigenvalue weighted by molar-refractivity contribution is 6.39. The van der Waals surface area contributed by atoms with Gasteiger partial charge >= 0.3 is 0 Å². The Balaban J connectivity index is 1.78. The fraction of sp³-hybridized carbons (Fsp3) is 0.0811. The first-order valence-electron chi connectivity index (χ1n) is 13.3. The standard InChI is InChI=1S/C37H24N2/c1-4-11-23-17-19-29-27(21-23)35-33-26-15-9-10-16-30(26)39-31-20-18-24(12-5-2)22-28(31)34(37(33)39)32(36(35)38(29)3)25-13-7-6-8-14-25/h6-10,13-22H,1-3H3. The molecule has 0 unspecified atom stereocenters. The first-order chi connectivity index (χ1) is 19.2. The maximum Gasteiger partial charge on any atom is 0.0634 e. The Hall–Kier alpha value is -5.18. The van der Waals surface area contributed by atoms with Crippen molar-refractivity contribution in [1.29, 1.82) is 0 Å². The molecule has 5 aromatic carbocycles. The number of benzene rings is 5. The SMILES string of the molecule is CC#Cc1ccc2c(c1)c1c3c4ccccc4n4c5ccc(C#CC)cc5c(c(-c5ccccc5)c1n2C)c34. The van der Waals surface area contributed by atoms with Gasteiger partial charge < -0.3 is 8.97 Å². The third-order valence-electron chi connectivity index (χ3n) is 8.16. The molecule has 39 heavy (non-hydrogen) atoms. The van der Waals surface area contributed by atoms with Crippen LogP contribution in [0.2, 0.25) is 0 Å². The number of hydrogen-bond acceptors (Lipinski definition) is 0. The van der Waals surface area contributed by atoms with E-state index in [1.165, 1.54) is 71.0 Å². The molecule has 0 amide bonds. The van der Waals surface area contributed by atoms with Crippen LogP contribution in [-0.4, -0.2) is 8.97 Å². The average Bonchev–Trinajstić information content (AvgIpc) is 3.58. The monoisotopic (exact) mass is 496 g/mol. The van der Waals surface area contributed by atoms with Crippen molar-refractivity contribution in [3.63, 3.8) is 0 Å². The van der Waals surface area contributed by atoms with E-state index in [1.807, 2.05) is 13.8 Å². The van der Waals surface area contributed by atoms with Crippen molar-refractivity contribution in [2.75, 3.05) is 0 Å². The van der Waals surface area contributed by atoms with Crippen LogP contribution in [0.1, 0.15) is 25.0 Å². The molecule has 2 nitrogen and oxygen atoms in total. The second-order valence-electron chi connectivity index (χ2n) is 10.2. The van der Waals surface area contributed by atoms with Crippen molar-refractivity contribution in [2.24, 2.45) is 7.05 Å². The fourth-order valence-electron chi connectivity index (χ4n) is 6.73. The molecule has 8 aromatic rings. The van der Waals surface area contributed by atoms with Crippen LogP contribution in [0.3, 0.4) is 0 Å². The quantitative estimate of drug-likeness (QED) is 0.201. The summed E-state index contributed by atoms with van der Waals surface area (Å²) in [6, 6.07) is 33.0. The highest BCUT2D eigenvalue weighted by Crippen LogP contribution is 2.50. The molecule has 2 heteroatoms. The van der Waals surface area contributed by atoms with E-state index in [9.17, 15) is 0 Å². The van der Waals surface area contributed by atoms with Crippen LogP contribution in [0.4, 0.5) is 0 Å². The lowest BCUT2D eigenvalue weighted by Gasteiger charge is -2.11. The summed E-state index contributed by atoms with van der Waals surface area (Å²) in [5.41, 5.74) is 10.8. The second-order valence-corrected chi connectivity index (χ2v) is 10.2. The maximum absolute atomic E-state index is 3.30. The molecule has 0 spiro atoms. The highest BCUT2D eigenvalue weighted by atomic mass is 15.0. The Morgan fingerprint density at radius 2 is 1.13 bits per heavy atom. The molecule has 182 valence electrons. The van der Waals surface area contributed by atoms with Crippen LogP contribution >= 0.6 is 0 Å². The summed E-state index contributed by atoms with van der Waals surface area (Å²) in [7, 11) is 2.20. The lowest BCUT2D eigenvalue weighted by molar-refractivity contribution is 1.02. The smallest absolute Gasteiger partial charge is 0.0634 e. The number of nitrogens with zero attached hydrogens (tertiary/aromatic N) is 2. The van der Waals surface area contributed by atoms with Gasteiger partial charge in [0, 0.05) is 61.6 Å². The van der Waals surface area contributed by atoms with Gasteiger partial charge in [-0.05, 0) is 61.9 Å². The summed E-state index contributed by atoms with van der Waals surface area (Å²) >= 11 is 0. The predicted molar refractivity (Wildman–Crippen MR) is 166 cm³/mol. The molecule has 0 saturated heterocycles. The summed E-state index contributed by atoms with van der Waals surface area (Å²) in [5, 5.41) is 7.65. The molecule has 0 aliphatic carbocycles. The third-order valence-corrected chi connectivity index (χ3v) is 8.16. The van der Waals surface area contributed by atoms with Gasteiger partial charge in [0.25, 0.3) is 0 Å². The van der Waals surface area contributed by atoms with Gasteiger partial charge in [-0.3, -0.25) is 0 Å². The molecule has 0 bridgehead atoms. The minimum Gasteiger partial charge on any atom is -0.343 e. The lowest BCUT2D eigenvalue weighted by Crippen LogP contribution is -1.91. The minimum absolute atomic E-state index is 1.04. The summed E-state index contributed by atoms with van der Waals surface area (Å²) in [4.78, 5) is 0.